The quantitative estimate of drug-likeness (QED) is 0.117. The molecule has 0 amide bonds. The molecule has 0 aliphatic heterocycles. The maximum Gasteiger partial charge on any atom is 0.124 e. The molecule has 0 aliphatic rings. The van der Waals surface area contributed by atoms with E-state index in [1.54, 1.807) is 0 Å². The summed E-state index contributed by atoms with van der Waals surface area (Å²) in [5.74, 6) is 0. The number of hydrogen-bond acceptors (Lipinski definition) is 6. The van der Waals surface area contributed by atoms with E-state index in [1.165, 1.54) is 107 Å². The van der Waals surface area contributed by atoms with E-state index in [4.69, 9.17) is 0 Å². The van der Waals surface area contributed by atoms with Gasteiger partial charge in [0, 0.05) is 18.8 Å². The molecule has 0 fully saturated rings. The van der Waals surface area contributed by atoms with Crippen LogP contribution in [0.5, 0.6) is 0 Å². The van der Waals surface area contributed by atoms with Gasteiger partial charge in [-0.25, -0.2) is 8.42 Å². The molecular formula is C28H42N3O3S-. The Labute approximate surface area is 212 Å². The van der Waals surface area contributed by atoms with Gasteiger partial charge in [0.05, 0.1) is 16.3 Å². The molecule has 0 heterocycles. The third-order valence-corrected chi connectivity index (χ3v) is 7.03. The van der Waals surface area contributed by atoms with Crippen molar-refractivity contribution in [3.8, 4) is 0 Å². The maximum absolute atomic E-state index is 11.0. The molecule has 0 atom stereocenters. The van der Waals surface area contributed by atoms with E-state index in [-0.39, 0.29) is 4.90 Å². The minimum absolute atomic E-state index is 0.267. The summed E-state index contributed by atoms with van der Waals surface area (Å²) in [5.41, 5.74) is 2.44. The second kappa shape index (κ2) is 16.4. The lowest BCUT2D eigenvalue weighted by Gasteiger charge is -2.25. The Morgan fingerprint density at radius 2 is 1.03 bits per heavy atom. The number of azo groups is 1. The Hall–Kier alpha value is -2.25. The molecular weight excluding hydrogens is 458 g/mol. The first kappa shape index (κ1) is 29.0. The molecule has 194 valence electrons. The van der Waals surface area contributed by atoms with Gasteiger partial charge >= 0.3 is 0 Å². The van der Waals surface area contributed by atoms with Gasteiger partial charge in [-0.3, -0.25) is 0 Å². The van der Waals surface area contributed by atoms with Crippen LogP contribution >= 0.6 is 0 Å². The summed E-state index contributed by atoms with van der Waals surface area (Å²) < 4.78 is 33.1. The summed E-state index contributed by atoms with van der Waals surface area (Å²) in [7, 11) is -4.45. The van der Waals surface area contributed by atoms with Gasteiger partial charge in [0.1, 0.15) is 10.1 Å². The Morgan fingerprint density at radius 3 is 1.46 bits per heavy atom. The number of unbranched alkanes of at least 4 members (excludes halogenated alkanes) is 10. The molecule has 0 aliphatic carbocycles. The van der Waals surface area contributed by atoms with Crippen molar-refractivity contribution >= 4 is 27.2 Å². The highest BCUT2D eigenvalue weighted by molar-refractivity contribution is 7.85. The largest absolute Gasteiger partial charge is 0.744 e. The second-order valence-corrected chi connectivity index (χ2v) is 10.6. The number of benzene rings is 2. The highest BCUT2D eigenvalue weighted by Crippen LogP contribution is 2.24. The third kappa shape index (κ3) is 11.8. The van der Waals surface area contributed by atoms with Crippen molar-refractivity contribution < 1.29 is 13.0 Å². The van der Waals surface area contributed by atoms with Crippen LogP contribution in [0.3, 0.4) is 0 Å². The van der Waals surface area contributed by atoms with Crippen LogP contribution in [0.1, 0.15) is 90.9 Å². The summed E-state index contributed by atoms with van der Waals surface area (Å²) >= 11 is 0. The Morgan fingerprint density at radius 1 is 0.629 bits per heavy atom. The van der Waals surface area contributed by atoms with Crippen molar-refractivity contribution in [3.05, 3.63) is 48.5 Å². The summed E-state index contributed by atoms with van der Waals surface area (Å²) in [6, 6.07) is 13.6. The molecule has 7 heteroatoms. The van der Waals surface area contributed by atoms with Gasteiger partial charge in [0.2, 0.25) is 0 Å². The van der Waals surface area contributed by atoms with Gasteiger partial charge in [0.15, 0.2) is 0 Å². The first-order valence-electron chi connectivity index (χ1n) is 13.3. The minimum atomic E-state index is -4.45. The fourth-order valence-electron chi connectivity index (χ4n) is 4.06. The number of hydrogen-bond donors (Lipinski definition) is 0. The summed E-state index contributed by atoms with van der Waals surface area (Å²) in [6.07, 6.45) is 15.5. The van der Waals surface area contributed by atoms with Gasteiger partial charge in [0.25, 0.3) is 0 Å². The van der Waals surface area contributed by atoms with Crippen LogP contribution in [0.25, 0.3) is 0 Å². The van der Waals surface area contributed by atoms with Gasteiger partial charge in [-0.1, -0.05) is 78.1 Å². The molecule has 0 spiro atoms. The van der Waals surface area contributed by atoms with Crippen molar-refractivity contribution in [1.82, 2.24) is 0 Å². The van der Waals surface area contributed by atoms with E-state index in [1.807, 2.05) is 12.1 Å². The Balaban J connectivity index is 1.94. The number of rotatable bonds is 18. The molecule has 0 saturated heterocycles. The normalized spacial score (nSPS) is 11.9. The predicted octanol–water partition coefficient (Wildman–Crippen LogP) is 8.53. The lowest BCUT2D eigenvalue weighted by atomic mass is 10.1. The van der Waals surface area contributed by atoms with Crippen molar-refractivity contribution in [2.24, 2.45) is 10.2 Å². The number of nitrogens with zero attached hydrogens (tertiary/aromatic N) is 3. The summed E-state index contributed by atoms with van der Waals surface area (Å²) in [5, 5.41) is 8.41. The molecule has 2 aromatic rings. The fourth-order valence-corrected chi connectivity index (χ4v) is 4.53. The van der Waals surface area contributed by atoms with Gasteiger partial charge in [-0.15, -0.1) is 0 Å². The zero-order chi connectivity index (χ0) is 25.4. The van der Waals surface area contributed by atoms with Crippen LogP contribution in [0, 0.1) is 0 Å². The van der Waals surface area contributed by atoms with E-state index < -0.39 is 10.1 Å². The topological polar surface area (TPSA) is 85.2 Å². The fraction of sp³-hybridized carbons (Fsp3) is 0.571. The van der Waals surface area contributed by atoms with Crippen molar-refractivity contribution in [2.75, 3.05) is 18.0 Å². The van der Waals surface area contributed by atoms with Crippen LogP contribution in [0.4, 0.5) is 17.1 Å². The summed E-state index contributed by atoms with van der Waals surface area (Å²) in [4.78, 5) is 2.24. The first-order valence-corrected chi connectivity index (χ1v) is 14.7. The molecule has 0 saturated carbocycles. The van der Waals surface area contributed by atoms with Gasteiger partial charge in [-0.05, 0) is 61.4 Å². The second-order valence-electron chi connectivity index (χ2n) is 9.19. The SMILES string of the molecule is CCCCCCCCN(CCCCCCCC)c1ccc(N=Nc2ccc(S(=O)(=O)[O-])cc2)cc1. The molecule has 0 aromatic heterocycles. The maximum atomic E-state index is 11.0. The third-order valence-electron chi connectivity index (χ3n) is 6.18. The highest BCUT2D eigenvalue weighted by Gasteiger charge is 2.07. The van der Waals surface area contributed by atoms with Gasteiger partial charge in [-0.2, -0.15) is 10.2 Å². The average molecular weight is 501 g/mol. The lowest BCUT2D eigenvalue weighted by Crippen LogP contribution is -2.25. The molecule has 35 heavy (non-hydrogen) atoms. The Bertz CT molecular complexity index is 942. The predicted molar refractivity (Wildman–Crippen MR) is 144 cm³/mol. The van der Waals surface area contributed by atoms with Crippen molar-refractivity contribution in [1.29, 1.82) is 0 Å². The van der Waals surface area contributed by atoms with E-state index >= 15 is 0 Å². The van der Waals surface area contributed by atoms with Crippen LogP contribution in [-0.2, 0) is 10.1 Å². The van der Waals surface area contributed by atoms with Gasteiger partial charge < -0.3 is 9.45 Å². The van der Waals surface area contributed by atoms with Crippen LogP contribution < -0.4 is 4.90 Å². The van der Waals surface area contributed by atoms with Crippen molar-refractivity contribution in [2.45, 2.75) is 95.8 Å². The molecule has 0 unspecified atom stereocenters. The average Bonchev–Trinajstić information content (AvgIpc) is 2.85. The van der Waals surface area contributed by atoms with E-state index in [9.17, 15) is 13.0 Å². The number of anilines is 1. The Kier molecular flexibility index (Phi) is 13.6. The monoisotopic (exact) mass is 500 g/mol. The van der Waals surface area contributed by atoms with E-state index in [2.05, 4.69) is 41.1 Å². The molecule has 0 bridgehead atoms. The van der Waals surface area contributed by atoms with Crippen LogP contribution in [0.15, 0.2) is 63.7 Å². The molecule has 2 aromatic carbocycles. The zero-order valence-corrected chi connectivity index (χ0v) is 22.3. The first-order chi connectivity index (χ1) is 16.9. The highest BCUT2D eigenvalue weighted by atomic mass is 32.2. The van der Waals surface area contributed by atoms with Crippen LogP contribution in [0.2, 0.25) is 0 Å². The lowest BCUT2D eigenvalue weighted by molar-refractivity contribution is 0.463. The van der Waals surface area contributed by atoms with Crippen molar-refractivity contribution in [3.63, 3.8) is 0 Å². The zero-order valence-electron chi connectivity index (χ0n) is 21.5. The molecule has 6 nitrogen and oxygen atoms in total. The van der Waals surface area contributed by atoms with Crippen LogP contribution in [-0.4, -0.2) is 26.1 Å². The molecule has 0 radical (unpaired) electrons. The standard InChI is InChI=1S/C28H43N3O3S/c1-3-5-7-9-11-13-23-31(24-14-12-10-8-6-4-2)27-19-15-25(16-20-27)29-30-26-17-21-28(22-18-26)35(32,33)34/h15-22H,3-14,23-24H2,1-2H3,(H,32,33,34)/p-1. The minimum Gasteiger partial charge on any atom is -0.744 e. The van der Waals surface area contributed by atoms with E-state index in [0.717, 1.165) is 18.8 Å². The smallest absolute Gasteiger partial charge is 0.124 e. The molecule has 2 rings (SSSR count). The molecule has 0 N–H and O–H groups in total. The van der Waals surface area contributed by atoms with E-state index in [0.29, 0.717) is 5.69 Å². The summed E-state index contributed by atoms with van der Waals surface area (Å²) in [6.45, 7) is 6.67.